The number of rotatable bonds is 7. The Balaban J connectivity index is 1.40. The van der Waals surface area contributed by atoms with Gasteiger partial charge in [0.2, 0.25) is 15.9 Å². The molecule has 2 N–H and O–H groups in total. The number of hydrogen-bond donors (Lipinski definition) is 3. The maximum Gasteiger partial charge on any atom is 0.328 e. The van der Waals surface area contributed by atoms with Gasteiger partial charge in [0.05, 0.1) is 12.0 Å². The molecule has 1 aliphatic heterocycles. The Hall–Kier alpha value is -3.34. The van der Waals surface area contributed by atoms with Crippen molar-refractivity contribution in [3.63, 3.8) is 0 Å². The maximum atomic E-state index is 13.6. The highest BCUT2D eigenvalue weighted by Crippen LogP contribution is 2.30. The van der Waals surface area contributed by atoms with Gasteiger partial charge >= 0.3 is 5.97 Å². The molecule has 1 aromatic heterocycles. The molecule has 0 saturated carbocycles. The molecule has 10 heteroatoms. The number of fused-ring (bicyclic) bond motifs is 2. The van der Waals surface area contributed by atoms with Gasteiger partial charge in [0.15, 0.2) is 0 Å². The molecule has 3 atom stereocenters. The number of H-pyrrole nitrogens is 1. The van der Waals surface area contributed by atoms with Crippen LogP contribution in [0.2, 0.25) is 0 Å². The molecular formula is C27H27N3O5S2. The Bertz CT molecular complexity index is 1580. The van der Waals surface area contributed by atoms with Crippen molar-refractivity contribution < 1.29 is 22.7 Å². The Morgan fingerprint density at radius 1 is 1.11 bits per heavy atom. The van der Waals surface area contributed by atoms with Crippen molar-refractivity contribution in [1.29, 1.82) is 0 Å². The summed E-state index contributed by atoms with van der Waals surface area (Å²) in [4.78, 5) is 29.3. The number of aromatic amines is 1. The highest BCUT2D eigenvalue weighted by Gasteiger charge is 2.44. The molecule has 1 saturated heterocycles. The summed E-state index contributed by atoms with van der Waals surface area (Å²) in [6, 6.07) is 18.0. The van der Waals surface area contributed by atoms with Crippen LogP contribution in [0.5, 0.6) is 0 Å². The minimum Gasteiger partial charge on any atom is -0.467 e. The molecule has 192 valence electrons. The normalized spacial score (nSPS) is 19.2. The first-order chi connectivity index (χ1) is 17.8. The van der Waals surface area contributed by atoms with Crippen LogP contribution in [-0.4, -0.2) is 60.6 Å². The van der Waals surface area contributed by atoms with Crippen LogP contribution in [0.15, 0.2) is 77.8 Å². The van der Waals surface area contributed by atoms with Crippen LogP contribution < -0.4 is 5.32 Å². The van der Waals surface area contributed by atoms with Crippen LogP contribution in [-0.2, 0) is 30.8 Å². The predicted molar refractivity (Wildman–Crippen MR) is 145 cm³/mol. The van der Waals surface area contributed by atoms with E-state index in [1.165, 1.54) is 11.4 Å². The predicted octanol–water partition coefficient (Wildman–Crippen LogP) is 3.28. The topological polar surface area (TPSA) is 109 Å². The van der Waals surface area contributed by atoms with Gasteiger partial charge in [-0.15, -0.1) is 0 Å². The molecule has 37 heavy (non-hydrogen) atoms. The van der Waals surface area contributed by atoms with E-state index in [2.05, 4.69) is 22.9 Å². The van der Waals surface area contributed by atoms with Gasteiger partial charge in [-0.3, -0.25) is 4.79 Å². The number of amides is 1. The fraction of sp³-hybridized carbons (Fsp3) is 0.259. The number of nitrogens with zero attached hydrogens (tertiary/aromatic N) is 1. The smallest absolute Gasteiger partial charge is 0.328 e. The number of sulfonamides is 1. The molecule has 5 rings (SSSR count). The lowest BCUT2D eigenvalue weighted by Gasteiger charge is -2.25. The number of benzene rings is 3. The number of hydrogen-bond acceptors (Lipinski definition) is 6. The second-order valence-corrected chi connectivity index (χ2v) is 11.8. The standard InChI is InChI=1S/C27H27N3O5S2/c1-35-27(32)24(13-19-15-28-23-9-5-4-8-22(19)23)29-26(31)25-14-20(36)16-30(25)37(33,34)21-11-10-17-6-2-3-7-18(17)12-21/h2-12,15,20,24-25,28,36H,13-14,16H2,1H3,(H,29,31)/t20-,24?,25-/m0/s1. The number of carbonyl (C=O) groups excluding carboxylic acids is 2. The van der Waals surface area contributed by atoms with Gasteiger partial charge in [-0.05, 0) is 41.0 Å². The number of nitrogens with one attached hydrogen (secondary N) is 2. The molecule has 0 radical (unpaired) electrons. The molecule has 0 aliphatic carbocycles. The monoisotopic (exact) mass is 537 g/mol. The fourth-order valence-corrected chi connectivity index (χ4v) is 7.04. The minimum atomic E-state index is -4.00. The van der Waals surface area contributed by atoms with Crippen molar-refractivity contribution in [2.45, 2.75) is 35.1 Å². The van der Waals surface area contributed by atoms with Gasteiger partial charge in [0.1, 0.15) is 12.1 Å². The third kappa shape index (κ3) is 4.96. The van der Waals surface area contributed by atoms with E-state index in [4.69, 9.17) is 4.74 Å². The molecule has 4 aromatic rings. The van der Waals surface area contributed by atoms with Gasteiger partial charge < -0.3 is 15.0 Å². The molecule has 1 fully saturated rings. The zero-order chi connectivity index (χ0) is 26.2. The van der Waals surface area contributed by atoms with Gasteiger partial charge in [-0.25, -0.2) is 13.2 Å². The summed E-state index contributed by atoms with van der Waals surface area (Å²) in [5.74, 6) is -1.17. The molecule has 0 bridgehead atoms. The molecule has 2 heterocycles. The van der Waals surface area contributed by atoms with Crippen LogP contribution in [0.3, 0.4) is 0 Å². The zero-order valence-electron chi connectivity index (χ0n) is 20.1. The number of ether oxygens (including phenoxy) is 1. The summed E-state index contributed by atoms with van der Waals surface area (Å²) in [7, 11) is -2.74. The second kappa shape index (κ2) is 10.2. The minimum absolute atomic E-state index is 0.0850. The highest BCUT2D eigenvalue weighted by molar-refractivity contribution is 7.89. The summed E-state index contributed by atoms with van der Waals surface area (Å²) in [5, 5.41) is 5.07. The van der Waals surface area contributed by atoms with E-state index in [1.54, 1.807) is 24.4 Å². The Labute approximate surface area is 220 Å². The van der Waals surface area contributed by atoms with Crippen molar-refractivity contribution in [3.8, 4) is 0 Å². The first-order valence-corrected chi connectivity index (χ1v) is 13.9. The lowest BCUT2D eigenvalue weighted by Crippen LogP contribution is -2.51. The van der Waals surface area contributed by atoms with Crippen LogP contribution in [0, 0.1) is 0 Å². The lowest BCUT2D eigenvalue weighted by atomic mass is 10.0. The first-order valence-electron chi connectivity index (χ1n) is 11.9. The number of thiol groups is 1. The first kappa shape index (κ1) is 25.3. The summed E-state index contributed by atoms with van der Waals surface area (Å²) in [5.41, 5.74) is 1.75. The molecule has 8 nitrogen and oxygen atoms in total. The fourth-order valence-electron chi connectivity index (χ4n) is 4.88. The molecular weight excluding hydrogens is 510 g/mol. The summed E-state index contributed by atoms with van der Waals surface area (Å²) in [6.45, 7) is 0.0850. The highest BCUT2D eigenvalue weighted by atomic mass is 32.2. The quantitative estimate of drug-likeness (QED) is 0.248. The van der Waals surface area contributed by atoms with E-state index in [0.29, 0.717) is 0 Å². The molecule has 3 aromatic carbocycles. The van der Waals surface area contributed by atoms with Gasteiger partial charge in [0.25, 0.3) is 0 Å². The van der Waals surface area contributed by atoms with Crippen molar-refractivity contribution in [2.24, 2.45) is 0 Å². The van der Waals surface area contributed by atoms with Crippen LogP contribution in [0.25, 0.3) is 21.7 Å². The number of aromatic nitrogens is 1. The SMILES string of the molecule is COC(=O)C(Cc1c[nH]c2ccccc12)NC(=O)[C@@H]1C[C@H](S)CN1S(=O)(=O)c1ccc2ccccc2c1. The molecule has 1 aliphatic rings. The van der Waals surface area contributed by atoms with E-state index in [1.807, 2.05) is 48.5 Å². The van der Waals surface area contributed by atoms with Gasteiger partial charge in [0, 0.05) is 35.3 Å². The third-order valence-electron chi connectivity index (χ3n) is 6.76. The van der Waals surface area contributed by atoms with E-state index in [0.717, 1.165) is 27.2 Å². The third-order valence-corrected chi connectivity index (χ3v) is 9.01. The summed E-state index contributed by atoms with van der Waals surface area (Å²) >= 11 is 4.49. The van der Waals surface area contributed by atoms with E-state index >= 15 is 0 Å². The van der Waals surface area contributed by atoms with Crippen molar-refractivity contribution in [1.82, 2.24) is 14.6 Å². The Morgan fingerprint density at radius 2 is 1.84 bits per heavy atom. The largest absolute Gasteiger partial charge is 0.467 e. The number of esters is 1. The molecule has 0 spiro atoms. The lowest BCUT2D eigenvalue weighted by molar-refractivity contribution is -0.145. The second-order valence-electron chi connectivity index (χ2n) is 9.14. The van der Waals surface area contributed by atoms with E-state index in [9.17, 15) is 18.0 Å². The van der Waals surface area contributed by atoms with Crippen molar-refractivity contribution >= 4 is 56.2 Å². The Morgan fingerprint density at radius 3 is 2.62 bits per heavy atom. The van der Waals surface area contributed by atoms with Gasteiger partial charge in [-0.2, -0.15) is 16.9 Å². The number of para-hydroxylation sites is 1. The van der Waals surface area contributed by atoms with E-state index in [-0.39, 0.29) is 29.5 Å². The van der Waals surface area contributed by atoms with Crippen LogP contribution in [0.1, 0.15) is 12.0 Å². The average molecular weight is 538 g/mol. The zero-order valence-corrected chi connectivity index (χ0v) is 21.8. The number of methoxy groups -OCH3 is 1. The summed E-state index contributed by atoms with van der Waals surface area (Å²) < 4.78 is 33.4. The van der Waals surface area contributed by atoms with Crippen molar-refractivity contribution in [2.75, 3.05) is 13.7 Å². The number of carbonyl (C=O) groups is 2. The van der Waals surface area contributed by atoms with Crippen LogP contribution in [0.4, 0.5) is 0 Å². The average Bonchev–Trinajstić information content (AvgIpc) is 3.51. The van der Waals surface area contributed by atoms with Crippen LogP contribution >= 0.6 is 12.6 Å². The molecule has 1 unspecified atom stereocenters. The Kier molecular flexibility index (Phi) is 6.98. The molecule has 1 amide bonds. The maximum absolute atomic E-state index is 13.6. The van der Waals surface area contributed by atoms with Crippen molar-refractivity contribution in [3.05, 3.63) is 78.5 Å². The summed E-state index contributed by atoms with van der Waals surface area (Å²) in [6.07, 6.45) is 2.21. The van der Waals surface area contributed by atoms with E-state index < -0.39 is 34.0 Å². The van der Waals surface area contributed by atoms with Gasteiger partial charge in [-0.1, -0.05) is 48.5 Å².